The zero-order valence-corrected chi connectivity index (χ0v) is 12.4. The molecule has 4 nitrogen and oxygen atoms in total. The van der Waals surface area contributed by atoms with Gasteiger partial charge in [0.1, 0.15) is 17.5 Å². The quantitative estimate of drug-likeness (QED) is 0.537. The lowest BCUT2D eigenvalue weighted by Crippen LogP contribution is -3.00. The van der Waals surface area contributed by atoms with Crippen LogP contribution >= 0.6 is 11.3 Å². The Morgan fingerprint density at radius 3 is 2.83 bits per heavy atom. The van der Waals surface area contributed by atoms with Gasteiger partial charge in [-0.05, 0) is 6.07 Å². The molecule has 0 aliphatic carbocycles. The molecule has 2 rings (SSSR count). The van der Waals surface area contributed by atoms with Gasteiger partial charge in [-0.25, -0.2) is 0 Å². The number of aliphatic carboxylic acids is 1. The molecule has 6 heteroatoms. The van der Waals surface area contributed by atoms with Gasteiger partial charge in [0.2, 0.25) is 5.52 Å². The summed E-state index contributed by atoms with van der Waals surface area (Å²) in [5, 5.41) is 18.4. The van der Waals surface area contributed by atoms with Crippen LogP contribution in [0.5, 0.6) is 0 Å². The van der Waals surface area contributed by atoms with Gasteiger partial charge in [0.25, 0.3) is 5.01 Å². The summed E-state index contributed by atoms with van der Waals surface area (Å²) in [4.78, 5) is 10.6. The molecule has 1 heterocycles. The lowest BCUT2D eigenvalue weighted by molar-refractivity contribution is -0.672. The monoisotopic (exact) mass is 374 g/mol. The summed E-state index contributed by atoms with van der Waals surface area (Å²) < 4.78 is 3.01. The van der Waals surface area contributed by atoms with Crippen molar-refractivity contribution in [3.8, 4) is 6.07 Å². The number of carboxylic acids is 1. The van der Waals surface area contributed by atoms with Crippen LogP contribution in [-0.4, -0.2) is 11.1 Å². The zero-order chi connectivity index (χ0) is 12.3. The second-order valence-corrected chi connectivity index (χ2v) is 4.71. The third-order valence-electron chi connectivity index (χ3n) is 2.46. The summed E-state index contributed by atoms with van der Waals surface area (Å²) in [6, 6.07) is 9.91. The molecule has 0 bridgehead atoms. The van der Waals surface area contributed by atoms with E-state index >= 15 is 0 Å². The molecule has 0 saturated carbocycles. The van der Waals surface area contributed by atoms with E-state index < -0.39 is 5.97 Å². The Kier molecular flexibility index (Phi) is 5.50. The third-order valence-corrected chi connectivity index (χ3v) is 3.63. The fraction of sp³-hybridized carbons (Fsp3) is 0.250. The van der Waals surface area contributed by atoms with E-state index in [1.807, 2.05) is 28.8 Å². The van der Waals surface area contributed by atoms with Crippen molar-refractivity contribution in [2.45, 2.75) is 19.4 Å². The van der Waals surface area contributed by atoms with E-state index in [2.05, 4.69) is 6.07 Å². The van der Waals surface area contributed by atoms with Crippen LogP contribution < -0.4 is 28.5 Å². The van der Waals surface area contributed by atoms with Gasteiger partial charge in [0.15, 0.2) is 6.54 Å². The minimum Gasteiger partial charge on any atom is -1.00 e. The number of para-hydroxylation sites is 1. The van der Waals surface area contributed by atoms with Crippen LogP contribution in [-0.2, 0) is 17.8 Å². The first kappa shape index (κ1) is 14.9. The molecular formula is C12H11IN2O2S. The minimum atomic E-state index is -0.823. The molecule has 0 fully saturated rings. The van der Waals surface area contributed by atoms with Gasteiger partial charge >= 0.3 is 5.97 Å². The number of carbonyl (C=O) groups is 1. The van der Waals surface area contributed by atoms with Crippen LogP contribution in [0.25, 0.3) is 10.2 Å². The number of hydrogen-bond donors (Lipinski definition) is 1. The molecule has 2 aromatic rings. The number of thiazole rings is 1. The van der Waals surface area contributed by atoms with E-state index in [9.17, 15) is 4.79 Å². The first-order chi connectivity index (χ1) is 8.22. The molecule has 0 atom stereocenters. The Morgan fingerprint density at radius 2 is 2.17 bits per heavy atom. The number of hydrogen-bond acceptors (Lipinski definition) is 3. The van der Waals surface area contributed by atoms with Gasteiger partial charge in [0.05, 0.1) is 6.07 Å². The predicted octanol–water partition coefficient (Wildman–Crippen LogP) is -1.27. The standard InChI is InChI=1S/C12H10N2O2S.HI/c13-7-5-11-14(8-6-12(15)16)9-3-1-2-4-10(9)17-11;/h1-4H,5-6,8H2;1H. The normalized spacial score (nSPS) is 9.72. The summed E-state index contributed by atoms with van der Waals surface area (Å²) in [5.41, 5.74) is 1.00. The molecular weight excluding hydrogens is 363 g/mol. The number of nitrogens with zero attached hydrogens (tertiary/aromatic N) is 2. The molecule has 0 saturated heterocycles. The fourth-order valence-corrected chi connectivity index (χ4v) is 2.85. The summed E-state index contributed by atoms with van der Waals surface area (Å²) in [6.07, 6.45) is 0.392. The second-order valence-electron chi connectivity index (χ2n) is 3.59. The smallest absolute Gasteiger partial charge is 0.309 e. The molecule has 94 valence electrons. The molecule has 0 unspecified atom stereocenters. The van der Waals surface area contributed by atoms with Crippen LogP contribution in [0.15, 0.2) is 24.3 Å². The van der Waals surface area contributed by atoms with Crippen molar-refractivity contribution in [3.05, 3.63) is 29.3 Å². The topological polar surface area (TPSA) is 65.0 Å². The number of carboxylic acid groups (broad SMARTS) is 1. The van der Waals surface area contributed by atoms with E-state index in [-0.39, 0.29) is 30.4 Å². The largest absolute Gasteiger partial charge is 1.00 e. The Bertz CT molecular complexity index is 604. The highest BCUT2D eigenvalue weighted by atomic mass is 127. The number of aryl methyl sites for hydroxylation is 1. The molecule has 0 amide bonds. The minimum absolute atomic E-state index is 0. The number of rotatable bonds is 4. The van der Waals surface area contributed by atoms with Crippen LogP contribution in [0.4, 0.5) is 0 Å². The molecule has 1 aromatic heterocycles. The first-order valence-corrected chi connectivity index (χ1v) is 6.03. The van der Waals surface area contributed by atoms with Gasteiger partial charge < -0.3 is 29.1 Å². The maximum atomic E-state index is 10.6. The van der Waals surface area contributed by atoms with E-state index in [1.54, 1.807) is 11.3 Å². The summed E-state index contributed by atoms with van der Waals surface area (Å²) in [5.74, 6) is -0.823. The summed E-state index contributed by atoms with van der Waals surface area (Å²) in [6.45, 7) is 0.413. The second kappa shape index (κ2) is 6.66. The van der Waals surface area contributed by atoms with Gasteiger partial charge in [-0.3, -0.25) is 4.79 Å². The van der Waals surface area contributed by atoms with Gasteiger partial charge in [-0.2, -0.15) is 9.83 Å². The van der Waals surface area contributed by atoms with Crippen molar-refractivity contribution < 1.29 is 38.4 Å². The van der Waals surface area contributed by atoms with E-state index in [0.29, 0.717) is 13.0 Å². The van der Waals surface area contributed by atoms with Crippen molar-refractivity contribution in [1.82, 2.24) is 0 Å². The van der Waals surface area contributed by atoms with Crippen molar-refractivity contribution in [2.75, 3.05) is 0 Å². The first-order valence-electron chi connectivity index (χ1n) is 5.21. The Hall–Kier alpha value is -1.20. The molecule has 0 radical (unpaired) electrons. The lowest BCUT2D eigenvalue weighted by Gasteiger charge is -1.94. The number of nitriles is 1. The summed E-state index contributed by atoms with van der Waals surface area (Å²) in [7, 11) is 0. The van der Waals surface area contributed by atoms with E-state index in [0.717, 1.165) is 15.2 Å². The predicted molar refractivity (Wildman–Crippen MR) is 63.6 cm³/mol. The van der Waals surface area contributed by atoms with Gasteiger partial charge in [0, 0.05) is 6.07 Å². The van der Waals surface area contributed by atoms with Crippen molar-refractivity contribution in [3.63, 3.8) is 0 Å². The number of benzene rings is 1. The fourth-order valence-electron chi connectivity index (χ4n) is 1.73. The SMILES string of the molecule is N#CCc1sc2ccccc2[n+]1CCC(=O)O.[I-]. The molecule has 0 spiro atoms. The van der Waals surface area contributed by atoms with Crippen molar-refractivity contribution in [2.24, 2.45) is 0 Å². The number of aromatic nitrogens is 1. The number of halogens is 1. The highest BCUT2D eigenvalue weighted by molar-refractivity contribution is 7.18. The Morgan fingerprint density at radius 1 is 1.44 bits per heavy atom. The average Bonchev–Trinajstić information content (AvgIpc) is 2.64. The van der Waals surface area contributed by atoms with Crippen LogP contribution in [0.3, 0.4) is 0 Å². The lowest BCUT2D eigenvalue weighted by atomic mass is 10.3. The Labute approximate surface area is 125 Å². The molecule has 1 aromatic carbocycles. The van der Waals surface area contributed by atoms with Gasteiger partial charge in [-0.15, -0.1) is 0 Å². The molecule has 18 heavy (non-hydrogen) atoms. The zero-order valence-electron chi connectivity index (χ0n) is 9.47. The average molecular weight is 374 g/mol. The van der Waals surface area contributed by atoms with Crippen LogP contribution in [0.1, 0.15) is 11.4 Å². The Balaban J connectivity index is 0.00000162. The maximum absolute atomic E-state index is 10.6. The highest BCUT2D eigenvalue weighted by Crippen LogP contribution is 2.20. The molecule has 0 aliphatic heterocycles. The number of fused-ring (bicyclic) bond motifs is 1. The maximum Gasteiger partial charge on any atom is 0.309 e. The van der Waals surface area contributed by atoms with Crippen LogP contribution in [0.2, 0.25) is 0 Å². The van der Waals surface area contributed by atoms with Gasteiger partial charge in [-0.1, -0.05) is 23.5 Å². The van der Waals surface area contributed by atoms with E-state index in [1.165, 1.54) is 0 Å². The molecule has 0 aliphatic rings. The van der Waals surface area contributed by atoms with Crippen molar-refractivity contribution >= 4 is 27.5 Å². The van der Waals surface area contributed by atoms with E-state index in [4.69, 9.17) is 10.4 Å². The summed E-state index contributed by atoms with van der Waals surface area (Å²) >= 11 is 1.55. The molecule has 1 N–H and O–H groups in total. The van der Waals surface area contributed by atoms with Crippen molar-refractivity contribution in [1.29, 1.82) is 5.26 Å². The van der Waals surface area contributed by atoms with Crippen LogP contribution in [0, 0.1) is 11.3 Å². The highest BCUT2D eigenvalue weighted by Gasteiger charge is 2.20. The third kappa shape index (κ3) is 3.17.